The molecule has 0 unspecified atom stereocenters. The fraction of sp³-hybridized carbons (Fsp3) is 0. The molecule has 0 saturated carbocycles. The van der Waals surface area contributed by atoms with Crippen LogP contribution in [0, 0.1) is 0 Å². The predicted octanol–water partition coefficient (Wildman–Crippen LogP) is 2.26. The zero-order valence-electron chi connectivity index (χ0n) is 7.59. The number of hydrogen-bond acceptors (Lipinski definition) is 5. The zero-order chi connectivity index (χ0) is 10.7. The fourth-order valence-corrected chi connectivity index (χ4v) is 1.94. The molecular weight excluding hydrogens is 232 g/mol. The Morgan fingerprint density at radius 1 is 1.20 bits per heavy atom. The summed E-state index contributed by atoms with van der Waals surface area (Å²) in [4.78, 5) is 12.0. The van der Waals surface area contributed by atoms with E-state index in [1.165, 1.54) is 11.8 Å². The summed E-state index contributed by atoms with van der Waals surface area (Å²) in [6, 6.07) is 5.31. The Hall–Kier alpha value is -1.33. The standard InChI is InChI=1S/C9H7ClN4S/c10-6-2-1-4-12-8(6)15-7-3-5-13-9(11)14-7/h1-5H,(H2,11,13,14). The Morgan fingerprint density at radius 2 is 2.07 bits per heavy atom. The van der Waals surface area contributed by atoms with Gasteiger partial charge in [-0.3, -0.25) is 0 Å². The lowest BCUT2D eigenvalue weighted by Gasteiger charge is -2.01. The molecule has 0 aliphatic rings. The zero-order valence-corrected chi connectivity index (χ0v) is 9.16. The first kappa shape index (κ1) is 10.2. The summed E-state index contributed by atoms with van der Waals surface area (Å²) in [5.74, 6) is 0.243. The maximum atomic E-state index is 5.96. The third kappa shape index (κ3) is 2.57. The van der Waals surface area contributed by atoms with Gasteiger partial charge in [0.25, 0.3) is 0 Å². The van der Waals surface area contributed by atoms with Gasteiger partial charge in [-0.2, -0.15) is 0 Å². The van der Waals surface area contributed by atoms with Crippen molar-refractivity contribution < 1.29 is 0 Å². The number of pyridine rings is 1. The molecule has 0 bridgehead atoms. The Morgan fingerprint density at radius 3 is 2.80 bits per heavy atom. The highest BCUT2D eigenvalue weighted by atomic mass is 35.5. The van der Waals surface area contributed by atoms with E-state index >= 15 is 0 Å². The second-order valence-corrected chi connectivity index (χ2v) is 4.06. The van der Waals surface area contributed by atoms with Gasteiger partial charge in [0.2, 0.25) is 5.95 Å². The molecule has 2 aromatic rings. The van der Waals surface area contributed by atoms with Gasteiger partial charge in [0, 0.05) is 12.4 Å². The van der Waals surface area contributed by atoms with Crippen molar-refractivity contribution in [3.8, 4) is 0 Å². The minimum Gasteiger partial charge on any atom is -0.368 e. The van der Waals surface area contributed by atoms with E-state index in [0.717, 1.165) is 5.03 Å². The number of hydrogen-bond donors (Lipinski definition) is 1. The summed E-state index contributed by atoms with van der Waals surface area (Å²) >= 11 is 7.31. The van der Waals surface area contributed by atoms with Crippen LogP contribution in [0.25, 0.3) is 0 Å². The van der Waals surface area contributed by atoms with Gasteiger partial charge in [-0.1, -0.05) is 11.6 Å². The van der Waals surface area contributed by atoms with Crippen molar-refractivity contribution in [2.45, 2.75) is 10.1 Å². The average molecular weight is 239 g/mol. The third-order valence-corrected chi connectivity index (χ3v) is 2.95. The third-order valence-electron chi connectivity index (χ3n) is 1.57. The highest BCUT2D eigenvalue weighted by molar-refractivity contribution is 7.99. The predicted molar refractivity (Wildman–Crippen MR) is 59.8 cm³/mol. The van der Waals surface area contributed by atoms with Crippen molar-refractivity contribution in [3.05, 3.63) is 35.6 Å². The highest BCUT2D eigenvalue weighted by Crippen LogP contribution is 2.29. The van der Waals surface area contributed by atoms with Crippen molar-refractivity contribution in [1.29, 1.82) is 0 Å². The number of anilines is 1. The molecule has 2 heterocycles. The van der Waals surface area contributed by atoms with E-state index in [4.69, 9.17) is 17.3 Å². The molecule has 2 N–H and O–H groups in total. The summed E-state index contributed by atoms with van der Waals surface area (Å²) in [6.45, 7) is 0. The summed E-state index contributed by atoms with van der Waals surface area (Å²) in [6.07, 6.45) is 3.28. The maximum absolute atomic E-state index is 5.96. The van der Waals surface area contributed by atoms with E-state index in [9.17, 15) is 0 Å². The van der Waals surface area contributed by atoms with Crippen LogP contribution in [-0.2, 0) is 0 Å². The van der Waals surface area contributed by atoms with E-state index < -0.39 is 0 Å². The molecule has 0 radical (unpaired) electrons. The molecular formula is C9H7ClN4S. The highest BCUT2D eigenvalue weighted by Gasteiger charge is 2.04. The first-order chi connectivity index (χ1) is 7.25. The van der Waals surface area contributed by atoms with Crippen LogP contribution in [0.1, 0.15) is 0 Å². The Labute approximate surface area is 95.9 Å². The van der Waals surface area contributed by atoms with Gasteiger partial charge < -0.3 is 5.73 Å². The first-order valence-electron chi connectivity index (χ1n) is 4.12. The average Bonchev–Trinajstić information content (AvgIpc) is 2.22. The topological polar surface area (TPSA) is 64.7 Å². The number of nitrogens with two attached hydrogens (primary N) is 1. The van der Waals surface area contributed by atoms with Crippen LogP contribution >= 0.6 is 23.4 Å². The molecule has 0 saturated heterocycles. The lowest BCUT2D eigenvalue weighted by atomic mass is 10.5. The molecule has 6 heteroatoms. The Kier molecular flexibility index (Phi) is 3.03. The van der Waals surface area contributed by atoms with Crippen LogP contribution in [0.2, 0.25) is 5.02 Å². The summed E-state index contributed by atoms with van der Waals surface area (Å²) in [5.41, 5.74) is 5.46. The van der Waals surface area contributed by atoms with Gasteiger partial charge in [-0.15, -0.1) is 0 Å². The monoisotopic (exact) mass is 238 g/mol. The Bertz CT molecular complexity index is 477. The number of halogens is 1. The van der Waals surface area contributed by atoms with Gasteiger partial charge in [0.1, 0.15) is 10.1 Å². The summed E-state index contributed by atoms with van der Waals surface area (Å²) in [7, 11) is 0. The van der Waals surface area contributed by atoms with Gasteiger partial charge in [-0.05, 0) is 30.0 Å². The van der Waals surface area contributed by atoms with Crippen LogP contribution in [0.15, 0.2) is 40.6 Å². The molecule has 76 valence electrons. The second-order valence-electron chi connectivity index (χ2n) is 2.65. The molecule has 0 aromatic carbocycles. The van der Waals surface area contributed by atoms with Crippen molar-refractivity contribution in [3.63, 3.8) is 0 Å². The molecule has 4 nitrogen and oxygen atoms in total. The normalized spacial score (nSPS) is 10.2. The smallest absolute Gasteiger partial charge is 0.221 e. The van der Waals surface area contributed by atoms with Crippen LogP contribution in [0.5, 0.6) is 0 Å². The van der Waals surface area contributed by atoms with Crippen molar-refractivity contribution >= 4 is 29.3 Å². The van der Waals surface area contributed by atoms with E-state index in [1.807, 2.05) is 0 Å². The minimum atomic E-state index is 0.243. The molecule has 0 fully saturated rings. The SMILES string of the molecule is Nc1nccc(Sc2ncccc2Cl)n1. The molecule has 0 aliphatic heterocycles. The largest absolute Gasteiger partial charge is 0.368 e. The lowest BCUT2D eigenvalue weighted by molar-refractivity contribution is 1.05. The number of nitrogen functional groups attached to an aromatic ring is 1. The van der Waals surface area contributed by atoms with Gasteiger partial charge in [0.15, 0.2) is 0 Å². The van der Waals surface area contributed by atoms with Gasteiger partial charge >= 0.3 is 0 Å². The minimum absolute atomic E-state index is 0.243. The number of aromatic nitrogens is 3. The summed E-state index contributed by atoms with van der Waals surface area (Å²) < 4.78 is 0. The van der Waals surface area contributed by atoms with E-state index in [2.05, 4.69) is 15.0 Å². The first-order valence-corrected chi connectivity index (χ1v) is 5.32. The lowest BCUT2D eigenvalue weighted by Crippen LogP contribution is -1.94. The summed E-state index contributed by atoms with van der Waals surface area (Å²) in [5, 5.41) is 2.03. The Balaban J connectivity index is 2.26. The number of rotatable bonds is 2. The van der Waals surface area contributed by atoms with Gasteiger partial charge in [-0.25, -0.2) is 15.0 Å². The van der Waals surface area contributed by atoms with Crippen molar-refractivity contribution in [2.24, 2.45) is 0 Å². The van der Waals surface area contributed by atoms with E-state index in [-0.39, 0.29) is 5.95 Å². The number of nitrogens with zero attached hydrogens (tertiary/aromatic N) is 3. The second kappa shape index (κ2) is 4.46. The molecule has 0 aliphatic carbocycles. The van der Waals surface area contributed by atoms with E-state index in [1.54, 1.807) is 30.6 Å². The quantitative estimate of drug-likeness (QED) is 0.813. The molecule has 0 amide bonds. The molecule has 2 aromatic heterocycles. The van der Waals surface area contributed by atoms with Crippen LogP contribution in [-0.4, -0.2) is 15.0 Å². The molecule has 0 atom stereocenters. The van der Waals surface area contributed by atoms with Crippen LogP contribution in [0.4, 0.5) is 5.95 Å². The fourth-order valence-electron chi connectivity index (χ4n) is 0.959. The van der Waals surface area contributed by atoms with Crippen molar-refractivity contribution in [2.75, 3.05) is 5.73 Å². The van der Waals surface area contributed by atoms with Crippen LogP contribution in [0.3, 0.4) is 0 Å². The van der Waals surface area contributed by atoms with E-state index in [0.29, 0.717) is 10.0 Å². The van der Waals surface area contributed by atoms with Crippen molar-refractivity contribution in [1.82, 2.24) is 15.0 Å². The molecule has 15 heavy (non-hydrogen) atoms. The van der Waals surface area contributed by atoms with Crippen LogP contribution < -0.4 is 5.73 Å². The maximum Gasteiger partial charge on any atom is 0.221 e. The van der Waals surface area contributed by atoms with Gasteiger partial charge in [0.05, 0.1) is 5.02 Å². The molecule has 0 spiro atoms. The molecule has 2 rings (SSSR count).